The summed E-state index contributed by atoms with van der Waals surface area (Å²) in [4.78, 5) is 14.3. The van der Waals surface area contributed by atoms with Crippen LogP contribution in [0.1, 0.15) is 5.89 Å². The first-order valence-corrected chi connectivity index (χ1v) is 6.20. The van der Waals surface area contributed by atoms with Gasteiger partial charge in [-0.2, -0.15) is 0 Å². The first kappa shape index (κ1) is 15.1. The van der Waals surface area contributed by atoms with E-state index in [0.29, 0.717) is 25.6 Å². The predicted molar refractivity (Wildman–Crippen MR) is 72.1 cm³/mol. The number of aromatic nitrogens is 1. The van der Waals surface area contributed by atoms with Crippen LogP contribution < -0.4 is 5.32 Å². The number of hydrogen-bond donors (Lipinski definition) is 1. The molecule has 2 aromatic rings. The van der Waals surface area contributed by atoms with E-state index in [1.54, 1.807) is 7.11 Å². The number of nitro groups is 1. The highest BCUT2D eigenvalue weighted by molar-refractivity contribution is 5.68. The number of ether oxygens (including phenoxy) is 1. The molecule has 0 bridgehead atoms. The molecule has 21 heavy (non-hydrogen) atoms. The van der Waals surface area contributed by atoms with Gasteiger partial charge in [-0.3, -0.25) is 10.1 Å². The average Bonchev–Trinajstić information content (AvgIpc) is 2.92. The van der Waals surface area contributed by atoms with E-state index >= 15 is 0 Å². The molecule has 1 heterocycles. The summed E-state index contributed by atoms with van der Waals surface area (Å²) in [7, 11) is 1.60. The standard InChI is InChI=1S/C13H14FN3O4/c1-20-5-4-15-8-13-16-7-12(21-13)10-3-2-9(14)6-11(10)17(18)19/h2-3,6-7,15H,4-5,8H2,1H3. The molecule has 0 saturated carbocycles. The van der Waals surface area contributed by atoms with Crippen molar-refractivity contribution in [3.63, 3.8) is 0 Å². The Morgan fingerprint density at radius 3 is 3.05 bits per heavy atom. The van der Waals surface area contributed by atoms with E-state index in [9.17, 15) is 14.5 Å². The lowest BCUT2D eigenvalue weighted by Gasteiger charge is -2.01. The number of nitrogens with one attached hydrogen (secondary N) is 1. The second-order valence-electron chi connectivity index (χ2n) is 4.21. The van der Waals surface area contributed by atoms with Crippen LogP contribution in [-0.2, 0) is 11.3 Å². The van der Waals surface area contributed by atoms with Crippen molar-refractivity contribution < 1.29 is 18.5 Å². The Bertz CT molecular complexity index is 630. The molecule has 0 atom stereocenters. The highest BCUT2D eigenvalue weighted by atomic mass is 19.1. The van der Waals surface area contributed by atoms with Gasteiger partial charge in [-0.05, 0) is 12.1 Å². The largest absolute Gasteiger partial charge is 0.439 e. The topological polar surface area (TPSA) is 90.4 Å². The van der Waals surface area contributed by atoms with Gasteiger partial charge in [-0.1, -0.05) is 0 Å². The van der Waals surface area contributed by atoms with Gasteiger partial charge in [-0.15, -0.1) is 0 Å². The quantitative estimate of drug-likeness (QED) is 0.478. The number of nitro benzene ring substituents is 1. The van der Waals surface area contributed by atoms with E-state index in [-0.39, 0.29) is 17.0 Å². The van der Waals surface area contributed by atoms with E-state index < -0.39 is 10.7 Å². The summed E-state index contributed by atoms with van der Waals surface area (Å²) in [6.45, 7) is 1.56. The molecule has 0 aliphatic carbocycles. The van der Waals surface area contributed by atoms with Crippen LogP contribution in [0.25, 0.3) is 11.3 Å². The van der Waals surface area contributed by atoms with Gasteiger partial charge in [-0.25, -0.2) is 9.37 Å². The Kier molecular flexibility index (Phi) is 4.96. The van der Waals surface area contributed by atoms with Crippen LogP contribution in [0.15, 0.2) is 28.8 Å². The number of methoxy groups -OCH3 is 1. The first-order valence-electron chi connectivity index (χ1n) is 6.20. The van der Waals surface area contributed by atoms with Crippen molar-refractivity contribution in [1.29, 1.82) is 0 Å². The van der Waals surface area contributed by atoms with Crippen molar-refractivity contribution in [2.75, 3.05) is 20.3 Å². The minimum Gasteiger partial charge on any atom is -0.439 e. The van der Waals surface area contributed by atoms with Gasteiger partial charge in [0.2, 0.25) is 5.89 Å². The van der Waals surface area contributed by atoms with Crippen molar-refractivity contribution in [3.8, 4) is 11.3 Å². The van der Waals surface area contributed by atoms with Crippen LogP contribution in [0, 0.1) is 15.9 Å². The molecule has 8 heteroatoms. The van der Waals surface area contributed by atoms with Gasteiger partial charge < -0.3 is 14.5 Å². The summed E-state index contributed by atoms with van der Waals surface area (Å²) >= 11 is 0. The molecule has 1 aromatic heterocycles. The molecule has 0 radical (unpaired) electrons. The van der Waals surface area contributed by atoms with Crippen LogP contribution >= 0.6 is 0 Å². The Morgan fingerprint density at radius 2 is 2.33 bits per heavy atom. The fraction of sp³-hybridized carbons (Fsp3) is 0.308. The molecule has 0 unspecified atom stereocenters. The number of hydrogen-bond acceptors (Lipinski definition) is 6. The Morgan fingerprint density at radius 1 is 1.52 bits per heavy atom. The van der Waals surface area contributed by atoms with E-state index in [4.69, 9.17) is 9.15 Å². The molecule has 0 fully saturated rings. The highest BCUT2D eigenvalue weighted by Gasteiger charge is 2.19. The molecular formula is C13H14FN3O4. The minimum atomic E-state index is -0.675. The molecule has 2 rings (SSSR count). The number of nitrogens with zero attached hydrogens (tertiary/aromatic N) is 2. The van der Waals surface area contributed by atoms with Crippen LogP contribution in [0.4, 0.5) is 10.1 Å². The zero-order valence-electron chi connectivity index (χ0n) is 11.3. The van der Waals surface area contributed by atoms with Crippen molar-refractivity contribution in [2.45, 2.75) is 6.54 Å². The second-order valence-corrected chi connectivity index (χ2v) is 4.21. The fourth-order valence-electron chi connectivity index (χ4n) is 1.75. The van der Waals surface area contributed by atoms with Crippen LogP contribution in [0.3, 0.4) is 0 Å². The van der Waals surface area contributed by atoms with Gasteiger partial charge >= 0.3 is 0 Å². The normalized spacial score (nSPS) is 10.8. The maximum Gasteiger partial charge on any atom is 0.283 e. The van der Waals surface area contributed by atoms with Crippen LogP contribution in [0.5, 0.6) is 0 Å². The molecule has 1 aromatic carbocycles. The van der Waals surface area contributed by atoms with Crippen molar-refractivity contribution in [1.82, 2.24) is 10.3 Å². The van der Waals surface area contributed by atoms with Crippen molar-refractivity contribution >= 4 is 5.69 Å². The Balaban J connectivity index is 2.16. The van der Waals surface area contributed by atoms with Gasteiger partial charge in [0, 0.05) is 13.7 Å². The molecule has 0 aliphatic heterocycles. The van der Waals surface area contributed by atoms with E-state index in [1.807, 2.05) is 0 Å². The lowest BCUT2D eigenvalue weighted by atomic mass is 10.1. The first-order chi connectivity index (χ1) is 10.1. The van der Waals surface area contributed by atoms with Crippen LogP contribution in [0.2, 0.25) is 0 Å². The van der Waals surface area contributed by atoms with Crippen molar-refractivity contribution in [2.24, 2.45) is 0 Å². The maximum atomic E-state index is 13.1. The monoisotopic (exact) mass is 295 g/mol. The molecule has 1 N–H and O–H groups in total. The van der Waals surface area contributed by atoms with Gasteiger partial charge in [0.25, 0.3) is 5.69 Å². The third-order valence-electron chi connectivity index (χ3n) is 2.73. The smallest absolute Gasteiger partial charge is 0.283 e. The molecule has 0 amide bonds. The van der Waals surface area contributed by atoms with Gasteiger partial charge in [0.05, 0.1) is 35.9 Å². The van der Waals surface area contributed by atoms with E-state index in [2.05, 4.69) is 10.3 Å². The lowest BCUT2D eigenvalue weighted by molar-refractivity contribution is -0.384. The molecule has 7 nitrogen and oxygen atoms in total. The van der Waals surface area contributed by atoms with E-state index in [1.165, 1.54) is 12.3 Å². The zero-order chi connectivity index (χ0) is 15.2. The van der Waals surface area contributed by atoms with Gasteiger partial charge in [0.15, 0.2) is 5.76 Å². The summed E-state index contributed by atoms with van der Waals surface area (Å²) in [6.07, 6.45) is 1.38. The number of halogens is 1. The number of rotatable bonds is 7. The second kappa shape index (κ2) is 6.91. The van der Waals surface area contributed by atoms with E-state index in [0.717, 1.165) is 12.1 Å². The molecule has 0 saturated heterocycles. The van der Waals surface area contributed by atoms with Gasteiger partial charge in [0.1, 0.15) is 5.82 Å². The summed E-state index contributed by atoms with van der Waals surface area (Å²) in [5, 5.41) is 14.0. The predicted octanol–water partition coefficient (Wildman–Crippen LogP) is 2.12. The molecular weight excluding hydrogens is 281 g/mol. The summed E-state index contributed by atoms with van der Waals surface area (Å²) < 4.78 is 23.4. The molecule has 112 valence electrons. The van der Waals surface area contributed by atoms with Crippen molar-refractivity contribution in [3.05, 3.63) is 46.2 Å². The fourth-order valence-corrected chi connectivity index (χ4v) is 1.75. The lowest BCUT2D eigenvalue weighted by Crippen LogP contribution is -2.18. The third-order valence-corrected chi connectivity index (χ3v) is 2.73. The summed E-state index contributed by atoms with van der Waals surface area (Å²) in [5.41, 5.74) is -0.165. The zero-order valence-corrected chi connectivity index (χ0v) is 11.3. The Hall–Kier alpha value is -2.32. The molecule has 0 aliphatic rings. The Labute approximate surface area is 119 Å². The third kappa shape index (κ3) is 3.83. The highest BCUT2D eigenvalue weighted by Crippen LogP contribution is 2.30. The number of benzene rings is 1. The van der Waals surface area contributed by atoms with Crippen LogP contribution in [-0.4, -0.2) is 30.2 Å². The maximum absolute atomic E-state index is 13.1. The SMILES string of the molecule is COCCNCc1ncc(-c2ccc(F)cc2[N+](=O)[O-])o1. The summed E-state index contributed by atoms with van der Waals surface area (Å²) in [5.74, 6) is -0.0589. The summed E-state index contributed by atoms with van der Waals surface area (Å²) in [6, 6.07) is 3.30. The average molecular weight is 295 g/mol. The number of oxazole rings is 1. The molecule has 0 spiro atoms. The minimum absolute atomic E-state index is 0.192.